The van der Waals surface area contributed by atoms with Crippen LogP contribution in [0, 0.1) is 0 Å². The van der Waals surface area contributed by atoms with E-state index in [0.717, 1.165) is 0 Å². The Hall–Kier alpha value is -2.58. The molecule has 1 aliphatic rings. The van der Waals surface area contributed by atoms with Gasteiger partial charge in [-0.2, -0.15) is 0 Å². The van der Waals surface area contributed by atoms with Crippen LogP contribution in [-0.2, 0) is 14.8 Å². The van der Waals surface area contributed by atoms with E-state index in [9.17, 15) is 13.2 Å². The average molecular weight is 404 g/mol. The first-order valence-corrected chi connectivity index (χ1v) is 10.6. The summed E-state index contributed by atoms with van der Waals surface area (Å²) in [6, 6.07) is 15.7. The number of sulfonamides is 1. The molecule has 0 saturated heterocycles. The smallest absolute Gasteiger partial charge is 0.242 e. The Balaban J connectivity index is 1.39. The van der Waals surface area contributed by atoms with Crippen molar-refractivity contribution in [2.24, 2.45) is 0 Å². The molecule has 1 N–H and O–H groups in total. The van der Waals surface area contributed by atoms with Crippen molar-refractivity contribution >= 4 is 15.9 Å². The van der Waals surface area contributed by atoms with E-state index in [-0.39, 0.29) is 29.9 Å². The number of hydrogen-bond acceptors (Lipinski definition) is 5. The number of nitrogens with one attached hydrogen (secondary N) is 1. The number of hydrogen-bond donors (Lipinski definition) is 1. The molecule has 0 fully saturated rings. The molecule has 0 spiro atoms. The van der Waals surface area contributed by atoms with Gasteiger partial charge in [-0.25, -0.2) is 12.7 Å². The lowest BCUT2D eigenvalue weighted by Gasteiger charge is -2.26. The van der Waals surface area contributed by atoms with E-state index in [1.54, 1.807) is 30.3 Å². The first-order valence-electron chi connectivity index (χ1n) is 9.13. The summed E-state index contributed by atoms with van der Waals surface area (Å²) < 4.78 is 37.5. The highest BCUT2D eigenvalue weighted by molar-refractivity contribution is 7.89. The summed E-state index contributed by atoms with van der Waals surface area (Å²) in [4.78, 5) is 12.3. The zero-order valence-corrected chi connectivity index (χ0v) is 16.5. The summed E-state index contributed by atoms with van der Waals surface area (Å²) in [6.45, 7) is 0.974. The number of benzene rings is 2. The van der Waals surface area contributed by atoms with Crippen LogP contribution in [-0.4, -0.2) is 51.5 Å². The van der Waals surface area contributed by atoms with Crippen LogP contribution in [0.5, 0.6) is 11.5 Å². The van der Waals surface area contributed by atoms with E-state index in [4.69, 9.17) is 9.47 Å². The van der Waals surface area contributed by atoms with Gasteiger partial charge < -0.3 is 14.8 Å². The summed E-state index contributed by atoms with van der Waals surface area (Å²) in [5.74, 6) is 1.22. The van der Waals surface area contributed by atoms with Crippen LogP contribution >= 0.6 is 0 Å². The number of carbonyl (C=O) groups excluding carboxylic acids is 1. The molecule has 3 rings (SSSR count). The Kier molecular flexibility index (Phi) is 6.53. The second-order valence-corrected chi connectivity index (χ2v) is 8.59. The third-order valence-corrected chi connectivity index (χ3v) is 6.29. The fourth-order valence-electron chi connectivity index (χ4n) is 2.83. The minimum absolute atomic E-state index is 0.145. The molecule has 1 heterocycles. The molecule has 0 aromatic heterocycles. The van der Waals surface area contributed by atoms with Gasteiger partial charge in [0.15, 0.2) is 11.5 Å². The van der Waals surface area contributed by atoms with Gasteiger partial charge in [0.2, 0.25) is 15.9 Å². The van der Waals surface area contributed by atoms with Crippen molar-refractivity contribution in [1.29, 1.82) is 0 Å². The number of carbonyl (C=O) groups is 1. The molecule has 0 saturated carbocycles. The number of para-hydroxylation sites is 2. The van der Waals surface area contributed by atoms with Crippen molar-refractivity contribution in [3.05, 3.63) is 54.6 Å². The van der Waals surface area contributed by atoms with Crippen LogP contribution in [0.1, 0.15) is 12.8 Å². The molecule has 28 heavy (non-hydrogen) atoms. The molecule has 0 unspecified atom stereocenters. The molecule has 1 amide bonds. The lowest BCUT2D eigenvalue weighted by Crippen LogP contribution is -2.40. The standard InChI is InChI=1S/C20H24N2O5S/c1-22(28(24,25)17-8-3-2-4-9-17)13-7-12-20(23)21-14-16-15-26-18-10-5-6-11-19(18)27-16/h2-6,8-11,16H,7,12-15H2,1H3,(H,21,23)/t16-/m1/s1. The van der Waals surface area contributed by atoms with E-state index >= 15 is 0 Å². The highest BCUT2D eigenvalue weighted by Gasteiger charge is 2.22. The fourth-order valence-corrected chi connectivity index (χ4v) is 4.07. The Morgan fingerprint density at radius 2 is 1.79 bits per heavy atom. The Morgan fingerprint density at radius 3 is 2.54 bits per heavy atom. The van der Waals surface area contributed by atoms with E-state index in [1.807, 2.05) is 24.3 Å². The third kappa shape index (κ3) is 5.02. The van der Waals surface area contributed by atoms with Gasteiger partial charge in [0.25, 0.3) is 0 Å². The largest absolute Gasteiger partial charge is 0.486 e. The highest BCUT2D eigenvalue weighted by atomic mass is 32.2. The van der Waals surface area contributed by atoms with Crippen LogP contribution in [0.4, 0.5) is 0 Å². The van der Waals surface area contributed by atoms with E-state index < -0.39 is 10.0 Å². The molecule has 1 aliphatic heterocycles. The van der Waals surface area contributed by atoms with Gasteiger partial charge in [0.05, 0.1) is 11.4 Å². The van der Waals surface area contributed by atoms with E-state index in [0.29, 0.717) is 31.1 Å². The van der Waals surface area contributed by atoms with Crippen molar-refractivity contribution in [1.82, 2.24) is 9.62 Å². The zero-order chi connectivity index (χ0) is 20.0. The maximum Gasteiger partial charge on any atom is 0.242 e. The van der Waals surface area contributed by atoms with Gasteiger partial charge in [-0.15, -0.1) is 0 Å². The van der Waals surface area contributed by atoms with Gasteiger partial charge >= 0.3 is 0 Å². The Labute approximate surface area is 165 Å². The first kappa shape index (κ1) is 20.2. The summed E-state index contributed by atoms with van der Waals surface area (Å²) in [6.07, 6.45) is 0.415. The lowest BCUT2D eigenvalue weighted by molar-refractivity contribution is -0.121. The first-order chi connectivity index (χ1) is 13.5. The SMILES string of the molecule is CN(CCCC(=O)NC[C@@H]1COc2ccccc2O1)S(=O)(=O)c1ccccc1. The topological polar surface area (TPSA) is 84.9 Å². The van der Waals surface area contributed by atoms with E-state index in [2.05, 4.69) is 5.32 Å². The molecule has 1 atom stereocenters. The van der Waals surface area contributed by atoms with Crippen molar-refractivity contribution < 1.29 is 22.7 Å². The van der Waals surface area contributed by atoms with Gasteiger partial charge in [-0.1, -0.05) is 30.3 Å². The quantitative estimate of drug-likeness (QED) is 0.728. The normalized spacial score (nSPS) is 16.0. The van der Waals surface area contributed by atoms with Crippen LogP contribution in [0.2, 0.25) is 0 Å². The predicted octanol–water partition coefficient (Wildman–Crippen LogP) is 2.04. The average Bonchev–Trinajstić information content (AvgIpc) is 2.72. The second-order valence-electron chi connectivity index (χ2n) is 6.54. The summed E-state index contributed by atoms with van der Waals surface area (Å²) in [5, 5.41) is 2.82. The minimum atomic E-state index is -3.53. The Morgan fingerprint density at radius 1 is 1.11 bits per heavy atom. The van der Waals surface area contributed by atoms with Crippen molar-refractivity contribution in [2.45, 2.75) is 23.8 Å². The number of nitrogens with zero attached hydrogens (tertiary/aromatic N) is 1. The van der Waals surface area contributed by atoms with Crippen LogP contribution < -0.4 is 14.8 Å². The maximum atomic E-state index is 12.4. The van der Waals surface area contributed by atoms with Crippen molar-refractivity contribution in [3.8, 4) is 11.5 Å². The predicted molar refractivity (Wildman–Crippen MR) is 105 cm³/mol. The Bertz CT molecular complexity index is 902. The molecule has 2 aromatic rings. The molecule has 8 heteroatoms. The van der Waals surface area contributed by atoms with E-state index in [1.165, 1.54) is 11.4 Å². The summed E-state index contributed by atoms with van der Waals surface area (Å²) >= 11 is 0. The zero-order valence-electron chi connectivity index (χ0n) is 15.7. The summed E-state index contributed by atoms with van der Waals surface area (Å²) in [7, 11) is -2.01. The van der Waals surface area contributed by atoms with Gasteiger partial charge in [0.1, 0.15) is 12.7 Å². The van der Waals surface area contributed by atoms with Crippen molar-refractivity contribution in [2.75, 3.05) is 26.7 Å². The third-order valence-electron chi connectivity index (χ3n) is 4.42. The minimum Gasteiger partial charge on any atom is -0.486 e. The molecule has 2 aromatic carbocycles. The molecular formula is C20H24N2O5S. The lowest BCUT2D eigenvalue weighted by atomic mass is 10.2. The van der Waals surface area contributed by atoms with Crippen LogP contribution in [0.25, 0.3) is 0 Å². The summed E-state index contributed by atoms with van der Waals surface area (Å²) in [5.41, 5.74) is 0. The fraction of sp³-hybridized carbons (Fsp3) is 0.350. The second kappa shape index (κ2) is 9.07. The molecule has 0 aliphatic carbocycles. The molecule has 0 radical (unpaired) electrons. The number of ether oxygens (including phenoxy) is 2. The van der Waals surface area contributed by atoms with Crippen molar-refractivity contribution in [3.63, 3.8) is 0 Å². The maximum absolute atomic E-state index is 12.4. The molecular weight excluding hydrogens is 380 g/mol. The van der Waals surface area contributed by atoms with Gasteiger partial charge in [-0.05, 0) is 30.7 Å². The van der Waals surface area contributed by atoms with Gasteiger partial charge in [0, 0.05) is 20.0 Å². The van der Waals surface area contributed by atoms with Crippen LogP contribution in [0.3, 0.4) is 0 Å². The number of rotatable bonds is 8. The van der Waals surface area contributed by atoms with Crippen LogP contribution in [0.15, 0.2) is 59.5 Å². The molecule has 0 bridgehead atoms. The monoisotopic (exact) mass is 404 g/mol. The number of fused-ring (bicyclic) bond motifs is 1. The van der Waals surface area contributed by atoms with Gasteiger partial charge in [-0.3, -0.25) is 4.79 Å². The molecule has 150 valence electrons. The molecule has 7 nitrogen and oxygen atoms in total. The highest BCUT2D eigenvalue weighted by Crippen LogP contribution is 2.30. The number of amides is 1.